The third kappa shape index (κ3) is 2.33. The molecule has 2 aromatic heterocycles. The number of nitrogens with zero attached hydrogens (tertiary/aromatic N) is 2. The van der Waals surface area contributed by atoms with Gasteiger partial charge in [0.2, 0.25) is 0 Å². The molecule has 0 fully saturated rings. The number of para-hydroxylation sites is 1. The number of hydrogen-bond acceptors (Lipinski definition) is 4. The second-order valence-corrected chi connectivity index (χ2v) is 4.90. The van der Waals surface area contributed by atoms with Gasteiger partial charge in [-0.25, -0.2) is 4.98 Å². The first-order valence-corrected chi connectivity index (χ1v) is 6.77. The molecule has 90 valence electrons. The lowest BCUT2D eigenvalue weighted by molar-refractivity contribution is 1.02. The van der Waals surface area contributed by atoms with Crippen molar-refractivity contribution in [3.63, 3.8) is 0 Å². The van der Waals surface area contributed by atoms with E-state index in [0.717, 1.165) is 23.6 Å². The Morgan fingerprint density at radius 1 is 1.06 bits per heavy atom. The molecule has 1 aromatic carbocycles. The highest BCUT2D eigenvalue weighted by Crippen LogP contribution is 2.17. The number of nitrogens with one attached hydrogen (secondary N) is 1. The van der Waals surface area contributed by atoms with E-state index >= 15 is 0 Å². The van der Waals surface area contributed by atoms with Crippen LogP contribution in [0.3, 0.4) is 0 Å². The summed E-state index contributed by atoms with van der Waals surface area (Å²) in [5, 5.41) is 7.47. The van der Waals surface area contributed by atoms with Crippen molar-refractivity contribution in [3.8, 4) is 0 Å². The largest absolute Gasteiger partial charge is 0.361 e. The molecule has 0 amide bonds. The van der Waals surface area contributed by atoms with Crippen LogP contribution >= 0.6 is 11.3 Å². The Balaban J connectivity index is 1.74. The minimum absolute atomic E-state index is 0.878. The lowest BCUT2D eigenvalue weighted by Crippen LogP contribution is -2.05. The van der Waals surface area contributed by atoms with Crippen LogP contribution in [0.25, 0.3) is 10.9 Å². The molecule has 18 heavy (non-hydrogen) atoms. The molecule has 0 unspecified atom stereocenters. The van der Waals surface area contributed by atoms with Gasteiger partial charge in [0.05, 0.1) is 5.52 Å². The quantitative estimate of drug-likeness (QED) is 0.777. The van der Waals surface area contributed by atoms with Crippen molar-refractivity contribution in [2.75, 3.05) is 11.9 Å². The predicted molar refractivity (Wildman–Crippen MR) is 76.1 cm³/mol. The summed E-state index contributed by atoms with van der Waals surface area (Å²) in [6.45, 7) is 0.878. The Kier molecular flexibility index (Phi) is 3.19. The summed E-state index contributed by atoms with van der Waals surface area (Å²) >= 11 is 1.62. The zero-order valence-electron chi connectivity index (χ0n) is 9.84. The van der Waals surface area contributed by atoms with Crippen molar-refractivity contribution in [2.24, 2.45) is 0 Å². The number of aromatic nitrogens is 2. The molecule has 0 aliphatic rings. The molecule has 1 N–H and O–H groups in total. The number of fused-ring (bicyclic) bond motifs is 1. The minimum Gasteiger partial charge on any atom is -0.361 e. The Morgan fingerprint density at radius 2 is 2.00 bits per heavy atom. The number of thiazole rings is 1. The molecular formula is C14H13N3S. The second kappa shape index (κ2) is 5.14. The fourth-order valence-electron chi connectivity index (χ4n) is 1.98. The van der Waals surface area contributed by atoms with E-state index in [1.165, 1.54) is 10.9 Å². The molecule has 0 atom stereocenters. The lowest BCUT2D eigenvalue weighted by Gasteiger charge is -2.06. The van der Waals surface area contributed by atoms with Gasteiger partial charge in [0.15, 0.2) is 5.13 Å². The van der Waals surface area contributed by atoms with Gasteiger partial charge >= 0.3 is 0 Å². The molecular weight excluding hydrogens is 242 g/mol. The highest BCUT2D eigenvalue weighted by Gasteiger charge is 2.01. The summed E-state index contributed by atoms with van der Waals surface area (Å²) < 4.78 is 0. The smallest absolute Gasteiger partial charge is 0.182 e. The first-order chi connectivity index (χ1) is 8.93. The number of pyridine rings is 1. The summed E-state index contributed by atoms with van der Waals surface area (Å²) in [7, 11) is 0. The van der Waals surface area contributed by atoms with E-state index in [9.17, 15) is 0 Å². The van der Waals surface area contributed by atoms with Gasteiger partial charge in [-0.1, -0.05) is 24.3 Å². The van der Waals surface area contributed by atoms with Crippen LogP contribution in [0.4, 0.5) is 5.13 Å². The highest BCUT2D eigenvalue weighted by molar-refractivity contribution is 7.13. The molecule has 3 rings (SSSR count). The SMILES string of the molecule is c1cnc2c(CCNc3nccs3)cccc2c1. The van der Waals surface area contributed by atoms with Crippen molar-refractivity contribution in [1.29, 1.82) is 0 Å². The molecule has 3 nitrogen and oxygen atoms in total. The average molecular weight is 255 g/mol. The number of anilines is 1. The number of rotatable bonds is 4. The van der Waals surface area contributed by atoms with Crippen LogP contribution in [0.15, 0.2) is 48.1 Å². The maximum Gasteiger partial charge on any atom is 0.182 e. The first-order valence-electron chi connectivity index (χ1n) is 5.89. The van der Waals surface area contributed by atoms with Gasteiger partial charge in [0, 0.05) is 29.7 Å². The Morgan fingerprint density at radius 3 is 2.89 bits per heavy atom. The van der Waals surface area contributed by atoms with Crippen LogP contribution in [0.1, 0.15) is 5.56 Å². The van der Waals surface area contributed by atoms with Crippen LogP contribution in [0.5, 0.6) is 0 Å². The van der Waals surface area contributed by atoms with Crippen LogP contribution in [-0.2, 0) is 6.42 Å². The van der Waals surface area contributed by atoms with Gasteiger partial charge in [-0.05, 0) is 18.1 Å². The van der Waals surface area contributed by atoms with Crippen molar-refractivity contribution in [3.05, 3.63) is 53.7 Å². The van der Waals surface area contributed by atoms with Gasteiger partial charge in [-0.2, -0.15) is 0 Å². The normalized spacial score (nSPS) is 10.7. The van der Waals surface area contributed by atoms with Crippen molar-refractivity contribution < 1.29 is 0 Å². The molecule has 0 aliphatic heterocycles. The fraction of sp³-hybridized carbons (Fsp3) is 0.143. The molecule has 2 heterocycles. The van der Waals surface area contributed by atoms with E-state index in [2.05, 4.69) is 39.6 Å². The maximum atomic E-state index is 4.46. The molecule has 0 spiro atoms. The third-order valence-electron chi connectivity index (χ3n) is 2.82. The lowest BCUT2D eigenvalue weighted by atomic mass is 10.1. The van der Waals surface area contributed by atoms with Crippen molar-refractivity contribution >= 4 is 27.4 Å². The van der Waals surface area contributed by atoms with Gasteiger partial charge in [0.1, 0.15) is 0 Å². The minimum atomic E-state index is 0.878. The van der Waals surface area contributed by atoms with Crippen molar-refractivity contribution in [2.45, 2.75) is 6.42 Å². The van der Waals surface area contributed by atoms with Crippen LogP contribution in [0, 0.1) is 0 Å². The van der Waals surface area contributed by atoms with Crippen molar-refractivity contribution in [1.82, 2.24) is 9.97 Å². The summed E-state index contributed by atoms with van der Waals surface area (Å²) in [5.41, 5.74) is 2.37. The maximum absolute atomic E-state index is 4.46. The monoisotopic (exact) mass is 255 g/mol. The summed E-state index contributed by atoms with van der Waals surface area (Å²) in [5.74, 6) is 0. The Labute approximate surface area is 110 Å². The topological polar surface area (TPSA) is 37.8 Å². The van der Waals surface area contributed by atoms with E-state index in [4.69, 9.17) is 0 Å². The van der Waals surface area contributed by atoms with E-state index < -0.39 is 0 Å². The standard InChI is InChI=1S/C14H13N3S/c1-3-11-5-2-7-15-13(11)12(4-1)6-8-16-14-17-9-10-18-14/h1-5,7,9-10H,6,8H2,(H,16,17). The summed E-state index contributed by atoms with van der Waals surface area (Å²) in [6, 6.07) is 10.4. The molecule has 0 aliphatic carbocycles. The molecule has 0 saturated heterocycles. The van der Waals surface area contributed by atoms with Gasteiger partial charge < -0.3 is 5.32 Å². The number of hydrogen-bond donors (Lipinski definition) is 1. The zero-order chi connectivity index (χ0) is 12.2. The summed E-state index contributed by atoms with van der Waals surface area (Å²) in [4.78, 5) is 8.66. The van der Waals surface area contributed by atoms with E-state index in [-0.39, 0.29) is 0 Å². The Hall–Kier alpha value is -1.94. The zero-order valence-corrected chi connectivity index (χ0v) is 10.7. The molecule has 0 radical (unpaired) electrons. The average Bonchev–Trinajstić information content (AvgIpc) is 2.92. The summed E-state index contributed by atoms with van der Waals surface area (Å²) in [6.07, 6.45) is 4.61. The molecule has 4 heteroatoms. The van der Waals surface area contributed by atoms with Crippen LogP contribution in [0.2, 0.25) is 0 Å². The van der Waals surface area contributed by atoms with Gasteiger partial charge in [0.25, 0.3) is 0 Å². The number of benzene rings is 1. The third-order valence-corrected chi connectivity index (χ3v) is 3.55. The van der Waals surface area contributed by atoms with Gasteiger partial charge in [-0.15, -0.1) is 11.3 Å². The first kappa shape index (κ1) is 11.2. The van der Waals surface area contributed by atoms with Gasteiger partial charge in [-0.3, -0.25) is 4.98 Å². The molecule has 0 saturated carbocycles. The predicted octanol–water partition coefficient (Wildman–Crippen LogP) is 3.35. The highest BCUT2D eigenvalue weighted by atomic mass is 32.1. The Bertz CT molecular complexity index is 629. The van der Waals surface area contributed by atoms with E-state index in [1.807, 2.05) is 23.8 Å². The second-order valence-electron chi connectivity index (χ2n) is 4.01. The van der Waals surface area contributed by atoms with Crippen LogP contribution in [-0.4, -0.2) is 16.5 Å². The fourth-order valence-corrected chi connectivity index (χ4v) is 2.54. The van der Waals surface area contributed by atoms with E-state index in [0.29, 0.717) is 0 Å². The van der Waals surface area contributed by atoms with E-state index in [1.54, 1.807) is 11.3 Å². The van der Waals surface area contributed by atoms with Crippen LogP contribution < -0.4 is 5.32 Å². The molecule has 3 aromatic rings. The molecule has 0 bridgehead atoms.